The van der Waals surface area contributed by atoms with Gasteiger partial charge < -0.3 is 4.74 Å². The zero-order chi connectivity index (χ0) is 18.1. The highest BCUT2D eigenvalue weighted by Crippen LogP contribution is 2.26. The summed E-state index contributed by atoms with van der Waals surface area (Å²) in [4.78, 5) is 4.42. The predicted octanol–water partition coefficient (Wildman–Crippen LogP) is 6.39. The summed E-state index contributed by atoms with van der Waals surface area (Å²) in [5, 5.41) is 0. The van der Waals surface area contributed by atoms with Crippen LogP contribution in [0.1, 0.15) is 51.1 Å². The molecule has 1 heterocycles. The zero-order valence-corrected chi connectivity index (χ0v) is 14.5. The van der Waals surface area contributed by atoms with Gasteiger partial charge >= 0.3 is 6.61 Å². The molecule has 25 heavy (non-hydrogen) atoms. The van der Waals surface area contributed by atoms with E-state index in [0.717, 1.165) is 24.1 Å². The van der Waals surface area contributed by atoms with Gasteiger partial charge in [-0.1, -0.05) is 51.2 Å². The lowest BCUT2D eigenvalue weighted by molar-refractivity contribution is -0.0521. The van der Waals surface area contributed by atoms with E-state index in [1.807, 2.05) is 12.1 Å². The second-order valence-corrected chi connectivity index (χ2v) is 6.08. The first kappa shape index (κ1) is 19.3. The highest BCUT2D eigenvalue weighted by molar-refractivity contribution is 5.63. The molecule has 5 heteroatoms. The Bertz CT molecular complexity index is 644. The minimum absolute atomic E-state index is 0.452. The summed E-state index contributed by atoms with van der Waals surface area (Å²) >= 11 is 0. The summed E-state index contributed by atoms with van der Waals surface area (Å²) in [5.74, 6) is -1.26. The third kappa shape index (κ3) is 6.40. The number of alkyl halides is 2. The number of hydrogen-bond donors (Lipinski definition) is 0. The quantitative estimate of drug-likeness (QED) is 0.463. The van der Waals surface area contributed by atoms with Gasteiger partial charge in [-0.15, -0.1) is 0 Å². The number of unbranched alkanes of at least 4 members (excludes halogenated alkanes) is 5. The second-order valence-electron chi connectivity index (χ2n) is 6.08. The molecule has 2 nitrogen and oxygen atoms in total. The van der Waals surface area contributed by atoms with Gasteiger partial charge in [-0.2, -0.15) is 8.78 Å². The minimum Gasteiger partial charge on any atom is -0.432 e. The molecule has 0 atom stereocenters. The van der Waals surface area contributed by atoms with E-state index >= 15 is 0 Å². The van der Waals surface area contributed by atoms with Crippen LogP contribution in [0.15, 0.2) is 36.5 Å². The van der Waals surface area contributed by atoms with Crippen molar-refractivity contribution >= 4 is 0 Å². The van der Waals surface area contributed by atoms with Crippen molar-refractivity contribution in [2.75, 3.05) is 0 Å². The molecule has 0 aliphatic heterocycles. The molecule has 0 aliphatic carbocycles. The van der Waals surface area contributed by atoms with Crippen molar-refractivity contribution in [2.24, 2.45) is 0 Å². The number of halogens is 3. The first-order valence-electron chi connectivity index (χ1n) is 8.80. The Morgan fingerprint density at radius 3 is 2.32 bits per heavy atom. The summed E-state index contributed by atoms with van der Waals surface area (Å²) in [5.41, 5.74) is 2.34. The Morgan fingerprint density at radius 2 is 1.68 bits per heavy atom. The summed E-state index contributed by atoms with van der Waals surface area (Å²) in [6.45, 7) is -0.834. The normalized spacial score (nSPS) is 11.1. The van der Waals surface area contributed by atoms with Crippen molar-refractivity contribution < 1.29 is 17.9 Å². The third-order valence-corrected chi connectivity index (χ3v) is 4.09. The van der Waals surface area contributed by atoms with Crippen LogP contribution in [0.5, 0.6) is 5.75 Å². The molecule has 0 bridgehead atoms. The SMILES string of the molecule is CCCCCCCCc1ccc(-c2ccc(OC(F)F)c(F)c2)cn1. The van der Waals surface area contributed by atoms with E-state index in [2.05, 4.69) is 16.6 Å². The zero-order valence-electron chi connectivity index (χ0n) is 14.5. The molecule has 0 saturated carbocycles. The van der Waals surface area contributed by atoms with Gasteiger partial charge in [0.25, 0.3) is 0 Å². The first-order valence-corrected chi connectivity index (χ1v) is 8.80. The summed E-state index contributed by atoms with van der Waals surface area (Å²) < 4.78 is 42.2. The fourth-order valence-electron chi connectivity index (χ4n) is 2.70. The van der Waals surface area contributed by atoms with E-state index in [-0.39, 0.29) is 0 Å². The van der Waals surface area contributed by atoms with Crippen LogP contribution in [0.3, 0.4) is 0 Å². The van der Waals surface area contributed by atoms with E-state index < -0.39 is 18.2 Å². The van der Waals surface area contributed by atoms with E-state index in [0.29, 0.717) is 5.56 Å². The van der Waals surface area contributed by atoms with Gasteiger partial charge in [0.15, 0.2) is 11.6 Å². The van der Waals surface area contributed by atoms with Crippen molar-refractivity contribution in [3.05, 3.63) is 48.0 Å². The van der Waals surface area contributed by atoms with E-state index in [1.54, 1.807) is 12.3 Å². The monoisotopic (exact) mass is 351 g/mol. The number of pyridine rings is 1. The molecule has 0 radical (unpaired) electrons. The summed E-state index contributed by atoms with van der Waals surface area (Å²) in [6.07, 6.45) is 10.0. The van der Waals surface area contributed by atoms with Gasteiger partial charge in [0, 0.05) is 17.5 Å². The Balaban J connectivity index is 1.90. The summed E-state index contributed by atoms with van der Waals surface area (Å²) in [6, 6.07) is 7.75. The Labute approximate surface area is 147 Å². The second kappa shape index (κ2) is 10.1. The van der Waals surface area contributed by atoms with Crippen molar-refractivity contribution in [1.29, 1.82) is 0 Å². The molecule has 1 aromatic heterocycles. The van der Waals surface area contributed by atoms with E-state index in [9.17, 15) is 13.2 Å². The topological polar surface area (TPSA) is 22.1 Å². The van der Waals surface area contributed by atoms with Crippen LogP contribution in [-0.4, -0.2) is 11.6 Å². The number of aryl methyl sites for hydroxylation is 1. The molecule has 0 amide bonds. The molecule has 0 aliphatic rings. The van der Waals surface area contributed by atoms with Gasteiger partial charge in [-0.25, -0.2) is 4.39 Å². The molecular formula is C20H24F3NO. The molecule has 0 N–H and O–H groups in total. The number of benzene rings is 1. The molecular weight excluding hydrogens is 327 g/mol. The maximum atomic E-state index is 13.8. The van der Waals surface area contributed by atoms with Crippen LogP contribution in [-0.2, 0) is 6.42 Å². The minimum atomic E-state index is -3.04. The molecule has 2 aromatic rings. The van der Waals surface area contributed by atoms with Gasteiger partial charge in [0.2, 0.25) is 0 Å². The average molecular weight is 351 g/mol. The van der Waals surface area contributed by atoms with Gasteiger partial charge in [0.05, 0.1) is 0 Å². The first-order chi connectivity index (χ1) is 12.1. The molecule has 2 rings (SSSR count). The van der Waals surface area contributed by atoms with Crippen molar-refractivity contribution in [2.45, 2.75) is 58.5 Å². The lowest BCUT2D eigenvalue weighted by Gasteiger charge is -2.08. The molecule has 136 valence electrons. The van der Waals surface area contributed by atoms with Crippen LogP contribution in [0.2, 0.25) is 0 Å². The number of nitrogens with zero attached hydrogens (tertiary/aromatic N) is 1. The van der Waals surface area contributed by atoms with Crippen LogP contribution < -0.4 is 4.74 Å². The molecule has 1 aromatic carbocycles. The number of ether oxygens (including phenoxy) is 1. The van der Waals surface area contributed by atoms with Crippen LogP contribution >= 0.6 is 0 Å². The lowest BCUT2D eigenvalue weighted by Crippen LogP contribution is -2.03. The smallest absolute Gasteiger partial charge is 0.387 e. The fourth-order valence-corrected chi connectivity index (χ4v) is 2.70. The third-order valence-electron chi connectivity index (χ3n) is 4.09. The lowest BCUT2D eigenvalue weighted by atomic mass is 10.1. The summed E-state index contributed by atoms with van der Waals surface area (Å²) in [7, 11) is 0. The molecule has 0 spiro atoms. The molecule has 0 unspecified atom stereocenters. The van der Waals surface area contributed by atoms with Crippen molar-refractivity contribution in [3.8, 4) is 16.9 Å². The van der Waals surface area contributed by atoms with Gasteiger partial charge in [0.1, 0.15) is 0 Å². The van der Waals surface area contributed by atoms with Gasteiger partial charge in [-0.05, 0) is 36.6 Å². The standard InChI is InChI=1S/C20H24F3NO/c1-2-3-4-5-6-7-8-17-11-9-16(14-24-17)15-10-12-19(18(21)13-15)25-20(22)23/h9-14,20H,2-8H2,1H3. The van der Waals surface area contributed by atoms with Crippen molar-refractivity contribution in [3.63, 3.8) is 0 Å². The van der Waals surface area contributed by atoms with Crippen molar-refractivity contribution in [1.82, 2.24) is 4.98 Å². The predicted molar refractivity (Wildman–Crippen MR) is 93.3 cm³/mol. The largest absolute Gasteiger partial charge is 0.432 e. The van der Waals surface area contributed by atoms with Crippen LogP contribution in [0.25, 0.3) is 11.1 Å². The number of rotatable bonds is 10. The fraction of sp³-hybridized carbons (Fsp3) is 0.450. The number of aromatic nitrogens is 1. The van der Waals surface area contributed by atoms with E-state index in [4.69, 9.17) is 0 Å². The Hall–Kier alpha value is -2.04. The Morgan fingerprint density at radius 1 is 0.960 bits per heavy atom. The average Bonchev–Trinajstić information content (AvgIpc) is 2.60. The highest BCUT2D eigenvalue weighted by Gasteiger charge is 2.11. The maximum absolute atomic E-state index is 13.8. The molecule has 0 fully saturated rings. The highest BCUT2D eigenvalue weighted by atomic mass is 19.3. The maximum Gasteiger partial charge on any atom is 0.387 e. The number of hydrogen-bond acceptors (Lipinski definition) is 2. The van der Waals surface area contributed by atoms with Crippen LogP contribution in [0, 0.1) is 5.82 Å². The van der Waals surface area contributed by atoms with Gasteiger partial charge in [-0.3, -0.25) is 4.98 Å². The molecule has 0 saturated heterocycles. The van der Waals surface area contributed by atoms with E-state index in [1.165, 1.54) is 44.2 Å². The van der Waals surface area contributed by atoms with Crippen LogP contribution in [0.4, 0.5) is 13.2 Å². The Kier molecular flexibility index (Phi) is 7.76.